The van der Waals surface area contributed by atoms with E-state index >= 15 is 0 Å². The van der Waals surface area contributed by atoms with E-state index in [-0.39, 0.29) is 5.89 Å². The summed E-state index contributed by atoms with van der Waals surface area (Å²) in [4.78, 5) is 0. The van der Waals surface area contributed by atoms with Crippen LogP contribution in [-0.2, 0) is 0 Å². The van der Waals surface area contributed by atoms with Crippen LogP contribution in [0.1, 0.15) is 12.3 Å². The number of halogens is 3. The minimum absolute atomic E-state index is 0.0813. The molecule has 2 aromatic rings. The van der Waals surface area contributed by atoms with E-state index < -0.39 is 12.3 Å². The Labute approximate surface area is 92.3 Å². The van der Waals surface area contributed by atoms with Crippen LogP contribution in [0.2, 0.25) is 0 Å². The van der Waals surface area contributed by atoms with Crippen molar-refractivity contribution in [3.8, 4) is 11.5 Å². The Hall–Kier alpha value is -1.30. The quantitative estimate of drug-likeness (QED) is 0.842. The average molecular weight is 275 g/mol. The van der Waals surface area contributed by atoms with Crippen molar-refractivity contribution in [2.75, 3.05) is 0 Å². The molecule has 15 heavy (non-hydrogen) atoms. The molecule has 1 aromatic heterocycles. The first-order chi connectivity index (χ1) is 7.18. The number of hydrogen-bond donors (Lipinski definition) is 0. The summed E-state index contributed by atoms with van der Waals surface area (Å²) < 4.78 is 29.9. The molecule has 0 spiro atoms. The van der Waals surface area contributed by atoms with E-state index in [2.05, 4.69) is 26.1 Å². The summed E-state index contributed by atoms with van der Waals surface area (Å²) in [6.07, 6.45) is -2.74. The van der Waals surface area contributed by atoms with Crippen molar-refractivity contribution < 1.29 is 13.2 Å². The van der Waals surface area contributed by atoms with Gasteiger partial charge in [0, 0.05) is 4.47 Å². The molecule has 3 nitrogen and oxygen atoms in total. The zero-order valence-corrected chi connectivity index (χ0v) is 8.91. The number of hydrogen-bond acceptors (Lipinski definition) is 3. The van der Waals surface area contributed by atoms with Crippen LogP contribution in [0.15, 0.2) is 33.2 Å². The predicted octanol–water partition coefficient (Wildman–Crippen LogP) is 3.44. The summed E-state index contributed by atoms with van der Waals surface area (Å²) in [5, 5.41) is 6.79. The van der Waals surface area contributed by atoms with Crippen LogP contribution in [-0.4, -0.2) is 10.2 Å². The van der Waals surface area contributed by atoms with Gasteiger partial charge in [-0.15, -0.1) is 10.2 Å². The molecular weight excluding hydrogens is 270 g/mol. The Bertz CT molecular complexity index is 473. The van der Waals surface area contributed by atoms with E-state index in [0.29, 0.717) is 5.56 Å². The second-order valence-electron chi connectivity index (χ2n) is 2.73. The molecule has 0 aliphatic carbocycles. The largest absolute Gasteiger partial charge is 0.415 e. The number of aromatic nitrogens is 2. The fourth-order valence-electron chi connectivity index (χ4n) is 1.07. The van der Waals surface area contributed by atoms with Crippen LogP contribution < -0.4 is 0 Å². The fraction of sp³-hybridized carbons (Fsp3) is 0.111. The summed E-state index contributed by atoms with van der Waals surface area (Å²) in [5.41, 5.74) is 0.594. The molecule has 0 N–H and O–H groups in total. The van der Waals surface area contributed by atoms with E-state index in [0.717, 1.165) is 4.47 Å². The highest BCUT2D eigenvalue weighted by Crippen LogP contribution is 2.28. The van der Waals surface area contributed by atoms with Gasteiger partial charge in [-0.25, -0.2) is 0 Å². The van der Waals surface area contributed by atoms with Crippen LogP contribution in [0.5, 0.6) is 0 Å². The van der Waals surface area contributed by atoms with Gasteiger partial charge < -0.3 is 4.42 Å². The smallest absolute Gasteiger partial charge is 0.314 e. The Kier molecular flexibility index (Phi) is 2.77. The lowest BCUT2D eigenvalue weighted by Crippen LogP contribution is -1.81. The van der Waals surface area contributed by atoms with Crippen molar-refractivity contribution in [3.63, 3.8) is 0 Å². The van der Waals surface area contributed by atoms with Gasteiger partial charge >= 0.3 is 6.43 Å². The van der Waals surface area contributed by atoms with Crippen LogP contribution in [0.4, 0.5) is 8.78 Å². The molecule has 0 amide bonds. The van der Waals surface area contributed by atoms with Gasteiger partial charge in [0.1, 0.15) is 0 Å². The van der Waals surface area contributed by atoms with Crippen LogP contribution >= 0.6 is 15.9 Å². The molecule has 0 radical (unpaired) electrons. The Morgan fingerprint density at radius 3 is 2.53 bits per heavy atom. The first-order valence-electron chi connectivity index (χ1n) is 4.05. The Balaban J connectivity index is 2.42. The SMILES string of the molecule is FC(F)c1nnc(-c2ccccc2Br)o1. The zero-order valence-electron chi connectivity index (χ0n) is 7.32. The lowest BCUT2D eigenvalue weighted by Gasteiger charge is -1.96. The molecule has 0 saturated carbocycles. The van der Waals surface area contributed by atoms with Gasteiger partial charge in [0.05, 0.1) is 5.56 Å². The number of nitrogens with zero attached hydrogens (tertiary/aromatic N) is 2. The van der Waals surface area contributed by atoms with E-state index in [9.17, 15) is 8.78 Å². The second-order valence-corrected chi connectivity index (χ2v) is 3.58. The first kappa shape index (κ1) is 10.2. The molecule has 0 aliphatic heterocycles. The molecule has 0 saturated heterocycles. The van der Waals surface area contributed by atoms with E-state index in [1.54, 1.807) is 24.3 Å². The molecule has 6 heteroatoms. The standard InChI is InChI=1S/C9H5BrF2N2O/c10-6-4-2-1-3-5(6)8-13-14-9(15-8)7(11)12/h1-4,7H. The van der Waals surface area contributed by atoms with Gasteiger partial charge in [-0.05, 0) is 28.1 Å². The van der Waals surface area contributed by atoms with E-state index in [4.69, 9.17) is 4.42 Å². The van der Waals surface area contributed by atoms with Gasteiger partial charge in [-0.1, -0.05) is 12.1 Å². The zero-order chi connectivity index (χ0) is 10.8. The van der Waals surface area contributed by atoms with Crippen LogP contribution in [0.3, 0.4) is 0 Å². The fourth-order valence-corrected chi connectivity index (χ4v) is 1.52. The third kappa shape index (κ3) is 2.04. The topological polar surface area (TPSA) is 38.9 Å². The van der Waals surface area contributed by atoms with E-state index in [1.807, 2.05) is 0 Å². The minimum Gasteiger partial charge on any atom is -0.415 e. The third-order valence-corrected chi connectivity index (χ3v) is 2.42. The third-order valence-electron chi connectivity index (χ3n) is 1.73. The molecule has 1 aromatic carbocycles. The second kappa shape index (κ2) is 4.06. The van der Waals surface area contributed by atoms with Gasteiger partial charge in [-0.2, -0.15) is 8.78 Å². The molecule has 0 aliphatic rings. The highest BCUT2D eigenvalue weighted by Gasteiger charge is 2.17. The molecule has 0 fully saturated rings. The predicted molar refractivity (Wildman–Crippen MR) is 52.4 cm³/mol. The van der Waals surface area contributed by atoms with Crippen molar-refractivity contribution in [2.45, 2.75) is 6.43 Å². The number of alkyl halides is 2. The summed E-state index contributed by atoms with van der Waals surface area (Å²) in [5.74, 6) is -0.585. The lowest BCUT2D eigenvalue weighted by atomic mass is 10.2. The minimum atomic E-state index is -2.74. The normalized spacial score (nSPS) is 10.9. The number of rotatable bonds is 2. The molecular formula is C9H5BrF2N2O. The average Bonchev–Trinajstić information content (AvgIpc) is 2.67. The Morgan fingerprint density at radius 2 is 1.93 bits per heavy atom. The van der Waals surface area contributed by atoms with Crippen molar-refractivity contribution in [2.24, 2.45) is 0 Å². The van der Waals surface area contributed by atoms with Gasteiger partial charge in [0.15, 0.2) is 0 Å². The van der Waals surface area contributed by atoms with Crippen molar-refractivity contribution in [1.29, 1.82) is 0 Å². The Morgan fingerprint density at radius 1 is 1.20 bits per heavy atom. The summed E-state index contributed by atoms with van der Waals surface area (Å²) in [6, 6.07) is 7.03. The van der Waals surface area contributed by atoms with E-state index in [1.165, 1.54) is 0 Å². The van der Waals surface area contributed by atoms with Crippen molar-refractivity contribution in [1.82, 2.24) is 10.2 Å². The number of benzene rings is 1. The molecule has 0 atom stereocenters. The first-order valence-corrected chi connectivity index (χ1v) is 4.84. The van der Waals surface area contributed by atoms with Crippen molar-refractivity contribution in [3.05, 3.63) is 34.6 Å². The maximum absolute atomic E-state index is 12.2. The molecule has 2 rings (SSSR count). The molecule has 78 valence electrons. The molecule has 1 heterocycles. The van der Waals surface area contributed by atoms with Gasteiger partial charge in [0.2, 0.25) is 5.89 Å². The lowest BCUT2D eigenvalue weighted by molar-refractivity contribution is 0.116. The van der Waals surface area contributed by atoms with Gasteiger partial charge in [-0.3, -0.25) is 0 Å². The van der Waals surface area contributed by atoms with Gasteiger partial charge in [0.25, 0.3) is 5.89 Å². The van der Waals surface area contributed by atoms with Crippen LogP contribution in [0.25, 0.3) is 11.5 Å². The summed E-state index contributed by atoms with van der Waals surface area (Å²) in [6.45, 7) is 0. The maximum atomic E-state index is 12.2. The monoisotopic (exact) mass is 274 g/mol. The molecule has 0 bridgehead atoms. The molecule has 0 unspecified atom stereocenters. The van der Waals surface area contributed by atoms with Crippen LogP contribution in [0, 0.1) is 0 Å². The summed E-state index contributed by atoms with van der Waals surface area (Å²) in [7, 11) is 0. The highest BCUT2D eigenvalue weighted by molar-refractivity contribution is 9.10. The maximum Gasteiger partial charge on any atom is 0.314 e. The van der Waals surface area contributed by atoms with Crippen molar-refractivity contribution >= 4 is 15.9 Å². The summed E-state index contributed by atoms with van der Waals surface area (Å²) >= 11 is 3.26. The highest BCUT2D eigenvalue weighted by atomic mass is 79.9.